The summed E-state index contributed by atoms with van der Waals surface area (Å²) in [6, 6.07) is 16.6. The van der Waals surface area contributed by atoms with E-state index in [1.165, 1.54) is 29.5 Å². The van der Waals surface area contributed by atoms with E-state index in [9.17, 15) is 9.18 Å². The van der Waals surface area contributed by atoms with Gasteiger partial charge < -0.3 is 9.47 Å². The van der Waals surface area contributed by atoms with Gasteiger partial charge in [0.15, 0.2) is 5.16 Å². The Morgan fingerprint density at radius 2 is 1.90 bits per heavy atom. The molecule has 1 heterocycles. The molecule has 0 N–H and O–H groups in total. The minimum Gasteiger partial charge on any atom is -0.340 e. The Morgan fingerprint density at radius 3 is 2.60 bits per heavy atom. The van der Waals surface area contributed by atoms with Crippen LogP contribution in [0.15, 0.2) is 59.8 Å². The van der Waals surface area contributed by atoms with Gasteiger partial charge in [-0.2, -0.15) is 0 Å². The molecule has 1 saturated carbocycles. The highest BCUT2D eigenvalue weighted by atomic mass is 32.2. The maximum absolute atomic E-state index is 13.4. The first kappa shape index (κ1) is 20.6. The highest BCUT2D eigenvalue weighted by molar-refractivity contribution is 8.00. The van der Waals surface area contributed by atoms with E-state index in [2.05, 4.69) is 26.9 Å². The predicted octanol–water partition coefficient (Wildman–Crippen LogP) is 4.48. The lowest BCUT2D eigenvalue weighted by atomic mass is 10.2. The van der Waals surface area contributed by atoms with Crippen LogP contribution in [0, 0.1) is 5.82 Å². The second-order valence-corrected chi connectivity index (χ2v) is 9.08. The van der Waals surface area contributed by atoms with E-state index >= 15 is 0 Å². The van der Waals surface area contributed by atoms with Crippen LogP contribution in [-0.2, 0) is 17.9 Å². The molecule has 4 rings (SSSR count). The third-order valence-corrected chi connectivity index (χ3v) is 6.25. The SMILES string of the molecule is C[C@@H](Sc1nnc(C2CC2)n1Cc1ccccc1)C(=O)N(C)Cc1cccc(F)c1. The largest absolute Gasteiger partial charge is 0.340 e. The van der Waals surface area contributed by atoms with Crippen molar-refractivity contribution < 1.29 is 9.18 Å². The molecule has 0 unspecified atom stereocenters. The van der Waals surface area contributed by atoms with Crippen molar-refractivity contribution in [3.05, 3.63) is 77.4 Å². The predicted molar refractivity (Wildman–Crippen MR) is 116 cm³/mol. The summed E-state index contributed by atoms with van der Waals surface area (Å²) in [5.74, 6) is 1.16. The van der Waals surface area contributed by atoms with Crippen molar-refractivity contribution in [2.75, 3.05) is 7.05 Å². The first-order chi connectivity index (χ1) is 14.5. The Hall–Kier alpha value is -2.67. The summed E-state index contributed by atoms with van der Waals surface area (Å²) in [6.07, 6.45) is 2.28. The minimum atomic E-state index is -0.325. The summed E-state index contributed by atoms with van der Waals surface area (Å²) in [7, 11) is 1.74. The van der Waals surface area contributed by atoms with Crippen molar-refractivity contribution in [1.29, 1.82) is 0 Å². The van der Waals surface area contributed by atoms with Gasteiger partial charge in [-0.05, 0) is 43.0 Å². The van der Waals surface area contributed by atoms with E-state index in [0.29, 0.717) is 19.0 Å². The Bertz CT molecular complexity index is 1020. The van der Waals surface area contributed by atoms with Crippen LogP contribution in [0.1, 0.15) is 42.6 Å². The summed E-state index contributed by atoms with van der Waals surface area (Å²) in [5, 5.41) is 9.28. The summed E-state index contributed by atoms with van der Waals surface area (Å²) < 4.78 is 15.6. The van der Waals surface area contributed by atoms with Gasteiger partial charge in [0.05, 0.1) is 11.8 Å². The number of rotatable bonds is 8. The Morgan fingerprint density at radius 1 is 1.17 bits per heavy atom. The fraction of sp³-hybridized carbons (Fsp3) is 0.348. The molecule has 30 heavy (non-hydrogen) atoms. The van der Waals surface area contributed by atoms with Gasteiger partial charge in [-0.15, -0.1) is 10.2 Å². The van der Waals surface area contributed by atoms with Crippen molar-refractivity contribution in [2.24, 2.45) is 0 Å². The van der Waals surface area contributed by atoms with E-state index < -0.39 is 0 Å². The van der Waals surface area contributed by atoms with Crippen LogP contribution in [-0.4, -0.2) is 37.9 Å². The number of amides is 1. The minimum absolute atomic E-state index is 0.0218. The third kappa shape index (κ3) is 4.90. The van der Waals surface area contributed by atoms with E-state index in [-0.39, 0.29) is 17.0 Å². The number of benzene rings is 2. The zero-order chi connectivity index (χ0) is 21.1. The topological polar surface area (TPSA) is 51.0 Å². The second-order valence-electron chi connectivity index (χ2n) is 7.77. The molecule has 5 nitrogen and oxygen atoms in total. The average Bonchev–Trinajstić information content (AvgIpc) is 3.51. The molecule has 1 amide bonds. The number of carbonyl (C=O) groups excluding carboxylic acids is 1. The number of hydrogen-bond acceptors (Lipinski definition) is 4. The number of hydrogen-bond donors (Lipinski definition) is 0. The Labute approximate surface area is 180 Å². The molecule has 0 radical (unpaired) electrons. The van der Waals surface area contributed by atoms with Crippen LogP contribution in [0.5, 0.6) is 0 Å². The number of thioether (sulfide) groups is 1. The maximum Gasteiger partial charge on any atom is 0.235 e. The molecule has 1 aromatic heterocycles. The van der Waals surface area contributed by atoms with E-state index in [4.69, 9.17) is 0 Å². The molecule has 3 aromatic rings. The molecule has 0 saturated heterocycles. The van der Waals surface area contributed by atoms with Gasteiger partial charge in [-0.1, -0.05) is 54.2 Å². The van der Waals surface area contributed by atoms with Crippen molar-refractivity contribution in [3.63, 3.8) is 0 Å². The second kappa shape index (κ2) is 9.00. The van der Waals surface area contributed by atoms with E-state index in [1.54, 1.807) is 18.0 Å². The molecule has 0 bridgehead atoms. The van der Waals surface area contributed by atoms with Crippen molar-refractivity contribution in [2.45, 2.75) is 49.2 Å². The summed E-state index contributed by atoms with van der Waals surface area (Å²) in [5.41, 5.74) is 1.95. The van der Waals surface area contributed by atoms with Crippen LogP contribution in [0.3, 0.4) is 0 Å². The van der Waals surface area contributed by atoms with Crippen LogP contribution in [0.25, 0.3) is 0 Å². The lowest BCUT2D eigenvalue weighted by Gasteiger charge is -2.21. The Kier molecular flexibility index (Phi) is 6.18. The molecule has 0 spiro atoms. The van der Waals surface area contributed by atoms with Gasteiger partial charge in [0, 0.05) is 19.5 Å². The van der Waals surface area contributed by atoms with Crippen LogP contribution in [0.2, 0.25) is 0 Å². The molecule has 1 aliphatic carbocycles. The fourth-order valence-corrected chi connectivity index (χ4v) is 4.42. The highest BCUT2D eigenvalue weighted by Crippen LogP contribution is 2.40. The smallest absolute Gasteiger partial charge is 0.235 e. The zero-order valence-electron chi connectivity index (χ0n) is 17.2. The lowest BCUT2D eigenvalue weighted by Crippen LogP contribution is -2.33. The quantitative estimate of drug-likeness (QED) is 0.500. The molecular weight excluding hydrogens is 399 g/mol. The molecule has 1 aliphatic rings. The van der Waals surface area contributed by atoms with Crippen LogP contribution < -0.4 is 0 Å². The van der Waals surface area contributed by atoms with E-state index in [1.807, 2.05) is 31.2 Å². The van der Waals surface area contributed by atoms with Crippen molar-refractivity contribution >= 4 is 17.7 Å². The maximum atomic E-state index is 13.4. The molecule has 7 heteroatoms. The number of carbonyl (C=O) groups is 1. The van der Waals surface area contributed by atoms with Gasteiger partial charge in [0.2, 0.25) is 5.91 Å². The molecule has 1 fully saturated rings. The van der Waals surface area contributed by atoms with E-state index in [0.717, 1.165) is 29.4 Å². The monoisotopic (exact) mass is 424 g/mol. The van der Waals surface area contributed by atoms with Gasteiger partial charge in [0.1, 0.15) is 11.6 Å². The highest BCUT2D eigenvalue weighted by Gasteiger charge is 2.31. The molecular formula is C23H25FN4OS. The zero-order valence-corrected chi connectivity index (χ0v) is 18.0. The third-order valence-electron chi connectivity index (χ3n) is 5.19. The average molecular weight is 425 g/mol. The molecule has 1 atom stereocenters. The molecule has 2 aromatic carbocycles. The van der Waals surface area contributed by atoms with Crippen molar-refractivity contribution in [3.8, 4) is 0 Å². The lowest BCUT2D eigenvalue weighted by molar-refractivity contribution is -0.129. The van der Waals surface area contributed by atoms with Crippen molar-refractivity contribution in [1.82, 2.24) is 19.7 Å². The van der Waals surface area contributed by atoms with Gasteiger partial charge in [-0.25, -0.2) is 4.39 Å². The molecule has 0 aliphatic heterocycles. The normalized spacial score (nSPS) is 14.5. The number of nitrogens with zero attached hydrogens (tertiary/aromatic N) is 4. The summed E-state index contributed by atoms with van der Waals surface area (Å²) in [4.78, 5) is 14.5. The van der Waals surface area contributed by atoms with Gasteiger partial charge in [0.25, 0.3) is 0 Å². The molecule has 156 valence electrons. The Balaban J connectivity index is 1.47. The van der Waals surface area contributed by atoms with Gasteiger partial charge >= 0.3 is 0 Å². The van der Waals surface area contributed by atoms with Gasteiger partial charge in [-0.3, -0.25) is 4.79 Å². The summed E-state index contributed by atoms with van der Waals surface area (Å²) >= 11 is 1.43. The fourth-order valence-electron chi connectivity index (χ4n) is 3.45. The number of halogens is 1. The van der Waals surface area contributed by atoms with Crippen LogP contribution >= 0.6 is 11.8 Å². The number of aromatic nitrogens is 3. The standard InChI is InChI=1S/C23H25FN4OS/c1-16(22(29)27(2)14-18-9-6-10-20(24)13-18)30-23-26-25-21(19-11-12-19)28(23)15-17-7-4-3-5-8-17/h3-10,13,16,19H,11-12,14-15H2,1-2H3/t16-/m1/s1. The first-order valence-electron chi connectivity index (χ1n) is 10.1. The first-order valence-corrected chi connectivity index (χ1v) is 11.0. The summed E-state index contributed by atoms with van der Waals surface area (Å²) in [6.45, 7) is 2.95. The van der Waals surface area contributed by atoms with Crippen LogP contribution in [0.4, 0.5) is 4.39 Å².